The van der Waals surface area contributed by atoms with Crippen LogP contribution in [0.4, 0.5) is 19.0 Å². The van der Waals surface area contributed by atoms with E-state index in [0.717, 1.165) is 24.9 Å². The summed E-state index contributed by atoms with van der Waals surface area (Å²) in [6.45, 7) is 1.57. The molecular formula is C24H27F3N6O5. The van der Waals surface area contributed by atoms with Crippen molar-refractivity contribution < 1.29 is 37.0 Å². The highest BCUT2D eigenvalue weighted by atomic mass is 19.4. The molecule has 3 atom stereocenters. The van der Waals surface area contributed by atoms with Gasteiger partial charge in [0.1, 0.15) is 29.9 Å². The van der Waals surface area contributed by atoms with Gasteiger partial charge in [0.05, 0.1) is 25.0 Å². The molecule has 11 nitrogen and oxygen atoms in total. The maximum atomic E-state index is 13.4. The Morgan fingerprint density at radius 1 is 1.16 bits per heavy atom. The lowest BCUT2D eigenvalue weighted by molar-refractivity contribution is -0.184. The van der Waals surface area contributed by atoms with Crippen LogP contribution in [0, 0.1) is 17.2 Å². The summed E-state index contributed by atoms with van der Waals surface area (Å²) in [7, 11) is 1.35. The molecule has 1 aromatic heterocycles. The molecule has 3 aliphatic heterocycles. The molecule has 1 aromatic rings. The van der Waals surface area contributed by atoms with Crippen LogP contribution in [-0.4, -0.2) is 86.1 Å². The molecule has 38 heavy (non-hydrogen) atoms. The van der Waals surface area contributed by atoms with Crippen LogP contribution in [0.15, 0.2) is 40.5 Å². The number of piperidine rings is 1. The van der Waals surface area contributed by atoms with Crippen LogP contribution in [0.25, 0.3) is 0 Å². The van der Waals surface area contributed by atoms with Crippen LogP contribution < -0.4 is 4.90 Å². The number of carbonyl (C=O) groups is 2. The lowest BCUT2D eigenvalue weighted by Crippen LogP contribution is -2.47. The quantitative estimate of drug-likeness (QED) is 0.471. The highest BCUT2D eigenvalue weighted by molar-refractivity contribution is 5.83. The Morgan fingerprint density at radius 3 is 2.55 bits per heavy atom. The van der Waals surface area contributed by atoms with Gasteiger partial charge in [-0.05, 0) is 25.0 Å². The molecule has 0 radical (unpaired) electrons. The topological polar surface area (TPSA) is 130 Å². The number of halogens is 3. The SMILES string of the molecule is COC[C@@H](CO[C@@H]1CCN(C2CCN(c3ccc(C#N)cn3)CC2)C1=O)OC1=CN=NC(=O)C1C(F)(F)F. The van der Waals surface area contributed by atoms with Gasteiger partial charge < -0.3 is 24.0 Å². The molecule has 0 spiro atoms. The highest BCUT2D eigenvalue weighted by Gasteiger charge is 2.50. The van der Waals surface area contributed by atoms with Crippen molar-refractivity contribution in [3.05, 3.63) is 35.9 Å². The first-order chi connectivity index (χ1) is 18.2. The predicted molar refractivity (Wildman–Crippen MR) is 124 cm³/mol. The van der Waals surface area contributed by atoms with E-state index >= 15 is 0 Å². The molecule has 2 saturated heterocycles. The van der Waals surface area contributed by atoms with Gasteiger partial charge >= 0.3 is 6.18 Å². The van der Waals surface area contributed by atoms with Gasteiger partial charge in [-0.25, -0.2) is 4.98 Å². The van der Waals surface area contributed by atoms with E-state index in [4.69, 9.17) is 19.5 Å². The normalized spacial score (nSPS) is 23.4. The smallest absolute Gasteiger partial charge is 0.407 e. The van der Waals surface area contributed by atoms with Gasteiger partial charge in [-0.2, -0.15) is 23.5 Å². The van der Waals surface area contributed by atoms with Crippen LogP contribution in [0.2, 0.25) is 0 Å². The van der Waals surface area contributed by atoms with Crippen molar-refractivity contribution in [2.24, 2.45) is 16.1 Å². The maximum Gasteiger partial charge on any atom is 0.407 e. The fourth-order valence-corrected chi connectivity index (χ4v) is 4.75. The van der Waals surface area contributed by atoms with Crippen molar-refractivity contribution in [3.63, 3.8) is 0 Å². The van der Waals surface area contributed by atoms with Gasteiger partial charge in [0.2, 0.25) is 0 Å². The molecule has 3 aliphatic rings. The zero-order valence-electron chi connectivity index (χ0n) is 20.6. The van der Waals surface area contributed by atoms with Crippen molar-refractivity contribution in [3.8, 4) is 6.07 Å². The van der Waals surface area contributed by atoms with E-state index < -0.39 is 36.0 Å². The molecular weight excluding hydrogens is 509 g/mol. The number of pyridine rings is 1. The molecule has 0 N–H and O–H groups in total. The highest BCUT2D eigenvalue weighted by Crippen LogP contribution is 2.36. The number of aromatic nitrogens is 1. The largest absolute Gasteiger partial charge is 0.487 e. The number of hydrogen-bond acceptors (Lipinski definition) is 9. The van der Waals surface area contributed by atoms with E-state index in [2.05, 4.69) is 20.1 Å². The van der Waals surface area contributed by atoms with Crippen molar-refractivity contribution in [1.82, 2.24) is 9.88 Å². The van der Waals surface area contributed by atoms with Gasteiger partial charge in [-0.15, -0.1) is 5.11 Å². The zero-order chi connectivity index (χ0) is 27.3. The average Bonchev–Trinajstić information content (AvgIpc) is 3.27. The number of ether oxygens (including phenoxy) is 3. The number of hydrogen-bond donors (Lipinski definition) is 0. The molecule has 2 fully saturated rings. The summed E-state index contributed by atoms with van der Waals surface area (Å²) in [5, 5.41) is 15.2. The number of azo groups is 1. The van der Waals surface area contributed by atoms with Crippen LogP contribution >= 0.6 is 0 Å². The van der Waals surface area contributed by atoms with Crippen LogP contribution in [-0.2, 0) is 23.8 Å². The molecule has 0 bridgehead atoms. The number of alkyl halides is 3. The van der Waals surface area contributed by atoms with Crippen molar-refractivity contribution in [2.75, 3.05) is 44.9 Å². The van der Waals surface area contributed by atoms with Gasteiger partial charge in [0.15, 0.2) is 5.92 Å². The van der Waals surface area contributed by atoms with Gasteiger partial charge in [-0.1, -0.05) is 0 Å². The minimum absolute atomic E-state index is 0.0352. The number of carbonyl (C=O) groups excluding carboxylic acids is 2. The minimum atomic E-state index is -4.89. The number of methoxy groups -OCH3 is 1. The van der Waals surface area contributed by atoms with Crippen LogP contribution in [0.5, 0.6) is 0 Å². The van der Waals surface area contributed by atoms with Crippen LogP contribution in [0.1, 0.15) is 24.8 Å². The zero-order valence-corrected chi connectivity index (χ0v) is 20.6. The summed E-state index contributed by atoms with van der Waals surface area (Å²) in [6.07, 6.45) is -2.44. The summed E-state index contributed by atoms with van der Waals surface area (Å²) in [6, 6.07) is 5.60. The second kappa shape index (κ2) is 11.9. The van der Waals surface area contributed by atoms with E-state index in [9.17, 15) is 22.8 Å². The van der Waals surface area contributed by atoms with E-state index in [1.807, 2.05) is 6.07 Å². The van der Waals surface area contributed by atoms with E-state index in [1.54, 1.807) is 17.0 Å². The molecule has 14 heteroatoms. The Kier molecular flexibility index (Phi) is 8.58. The second-order valence-electron chi connectivity index (χ2n) is 9.13. The van der Waals surface area contributed by atoms with E-state index in [1.165, 1.54) is 13.3 Å². The molecule has 4 rings (SSSR count). The lowest BCUT2D eigenvalue weighted by Gasteiger charge is -2.37. The Hall–Kier alpha value is -3.57. The molecule has 0 aromatic carbocycles. The first-order valence-corrected chi connectivity index (χ1v) is 12.1. The first kappa shape index (κ1) is 27.5. The van der Waals surface area contributed by atoms with Gasteiger partial charge in [0.25, 0.3) is 11.8 Å². The average molecular weight is 537 g/mol. The summed E-state index contributed by atoms with van der Waals surface area (Å²) in [5.41, 5.74) is 0.491. The molecule has 204 valence electrons. The third-order valence-corrected chi connectivity index (χ3v) is 6.64. The third kappa shape index (κ3) is 6.28. The van der Waals surface area contributed by atoms with Crippen molar-refractivity contribution in [2.45, 2.75) is 43.7 Å². The van der Waals surface area contributed by atoms with Gasteiger partial charge in [-0.3, -0.25) is 9.59 Å². The monoisotopic (exact) mass is 536 g/mol. The van der Waals surface area contributed by atoms with Crippen LogP contribution in [0.3, 0.4) is 0 Å². The Bertz CT molecular complexity index is 1110. The molecule has 0 aliphatic carbocycles. The lowest BCUT2D eigenvalue weighted by atomic mass is 10.0. The number of rotatable bonds is 9. The molecule has 2 amide bonds. The second-order valence-corrected chi connectivity index (χ2v) is 9.13. The standard InChI is InChI=1S/C24H27F3N6O5/c1-36-13-17(38-19-12-30-31-22(34)21(19)24(25,26)27)14-37-18-6-9-33(23(18)35)16-4-7-32(8-5-16)20-3-2-15(10-28)11-29-20/h2-3,11-12,16-18,21H,4-9,13-14H2,1H3/t17-,18+,21?/m0/s1. The number of anilines is 1. The number of nitriles is 1. The molecule has 0 saturated carbocycles. The summed E-state index contributed by atoms with van der Waals surface area (Å²) < 4.78 is 56.3. The first-order valence-electron chi connectivity index (χ1n) is 12.1. The summed E-state index contributed by atoms with van der Waals surface area (Å²) in [5.74, 6) is -4.09. The van der Waals surface area contributed by atoms with E-state index in [-0.39, 0.29) is 25.2 Å². The van der Waals surface area contributed by atoms with Crippen molar-refractivity contribution >= 4 is 17.6 Å². The molecule has 4 heterocycles. The Labute approximate surface area is 216 Å². The summed E-state index contributed by atoms with van der Waals surface area (Å²) >= 11 is 0. The summed E-state index contributed by atoms with van der Waals surface area (Å²) in [4.78, 5) is 33.0. The Morgan fingerprint density at radius 2 is 1.92 bits per heavy atom. The third-order valence-electron chi connectivity index (χ3n) is 6.64. The number of amides is 2. The fourth-order valence-electron chi connectivity index (χ4n) is 4.75. The minimum Gasteiger partial charge on any atom is -0.487 e. The Balaban J connectivity index is 1.29. The van der Waals surface area contributed by atoms with Crippen molar-refractivity contribution in [1.29, 1.82) is 5.26 Å². The molecule has 1 unspecified atom stereocenters. The van der Waals surface area contributed by atoms with E-state index in [0.29, 0.717) is 31.6 Å². The maximum absolute atomic E-state index is 13.4. The fraction of sp³-hybridized carbons (Fsp3) is 0.583. The number of likely N-dealkylation sites (tertiary alicyclic amines) is 1. The predicted octanol–water partition coefficient (Wildman–Crippen LogP) is 2.58. The number of nitrogens with zero attached hydrogens (tertiary/aromatic N) is 6. The van der Waals surface area contributed by atoms with Gasteiger partial charge in [0, 0.05) is 45.4 Å².